The maximum atomic E-state index is 11.2. The fourth-order valence-corrected chi connectivity index (χ4v) is 4.19. The minimum absolute atomic E-state index is 0. The van der Waals surface area contributed by atoms with Gasteiger partial charge < -0.3 is 9.66 Å². The van der Waals surface area contributed by atoms with Crippen LogP contribution in [0.5, 0.6) is 0 Å². The van der Waals surface area contributed by atoms with E-state index in [-0.39, 0.29) is 35.7 Å². The summed E-state index contributed by atoms with van der Waals surface area (Å²) >= 11 is 0. The summed E-state index contributed by atoms with van der Waals surface area (Å²) in [5.41, 5.74) is 0. The van der Waals surface area contributed by atoms with Gasteiger partial charge in [0.25, 0.3) is 0 Å². The van der Waals surface area contributed by atoms with Gasteiger partial charge in [0.1, 0.15) is 0 Å². The van der Waals surface area contributed by atoms with Gasteiger partial charge in [0.15, 0.2) is 0 Å². The van der Waals surface area contributed by atoms with Crippen molar-refractivity contribution < 1.29 is 47.6 Å². The van der Waals surface area contributed by atoms with Gasteiger partial charge in [-0.05, 0) is 25.7 Å². The summed E-state index contributed by atoms with van der Waals surface area (Å²) in [7, 11) is -4.16. The molecule has 0 aromatic heterocycles. The van der Waals surface area contributed by atoms with Gasteiger partial charge in [-0.3, -0.25) is 0 Å². The Hall–Kier alpha value is 0.870. The molecule has 2 atom stereocenters. The molecule has 0 amide bonds. The second-order valence-corrected chi connectivity index (χ2v) is 9.11. The summed E-state index contributed by atoms with van der Waals surface area (Å²) in [6, 6.07) is 0. The quantitative estimate of drug-likeness (QED) is 0.218. The van der Waals surface area contributed by atoms with Gasteiger partial charge in [-0.2, -0.15) is 0 Å². The van der Waals surface area contributed by atoms with Crippen molar-refractivity contribution in [2.75, 3.05) is 0 Å². The molecule has 0 fully saturated rings. The normalized spacial score (nSPS) is 14.0. The van der Waals surface area contributed by atoms with Crippen molar-refractivity contribution in [2.24, 2.45) is 0 Å². The molecule has 2 unspecified atom stereocenters. The Labute approximate surface area is 185 Å². The zero-order valence-electron chi connectivity index (χ0n) is 17.5. The number of aliphatic hydroxyl groups is 1. The van der Waals surface area contributed by atoms with Crippen molar-refractivity contribution in [1.29, 1.82) is 0 Å². The molecule has 6 heteroatoms. The molecule has 152 valence electrons. The maximum Gasteiger partial charge on any atom is 1.00 e. The minimum atomic E-state index is -4.16. The van der Waals surface area contributed by atoms with Crippen LogP contribution in [0.3, 0.4) is 0 Å². The van der Waals surface area contributed by atoms with Gasteiger partial charge in [-0.1, -0.05) is 90.9 Å². The molecule has 0 aromatic carbocycles. The second kappa shape index (κ2) is 19.2. The van der Waals surface area contributed by atoms with E-state index in [1.807, 2.05) is 6.92 Å². The van der Waals surface area contributed by atoms with Crippen LogP contribution in [-0.4, -0.2) is 29.4 Å². The van der Waals surface area contributed by atoms with Crippen LogP contribution < -0.4 is 29.6 Å². The average molecular weight is 401 g/mol. The molecule has 0 aliphatic rings. The summed E-state index contributed by atoms with van der Waals surface area (Å²) in [5, 5.41) is 9.28. The molecule has 26 heavy (non-hydrogen) atoms. The number of rotatable bonds is 18. The molecule has 0 aromatic rings. The Kier molecular flexibility index (Phi) is 21.5. The molecular formula is C20H41NaO4S. The van der Waals surface area contributed by atoms with Crippen molar-refractivity contribution in [3.63, 3.8) is 0 Å². The molecule has 0 heterocycles. The molecule has 0 saturated heterocycles. The second-order valence-electron chi connectivity index (χ2n) is 7.46. The summed E-state index contributed by atoms with van der Waals surface area (Å²) in [5.74, 6) is 0. The van der Waals surface area contributed by atoms with Crippen LogP contribution >= 0.6 is 0 Å². The third-order valence-corrected chi connectivity index (χ3v) is 6.28. The van der Waals surface area contributed by atoms with Crippen molar-refractivity contribution in [3.8, 4) is 0 Å². The molecule has 1 N–H and O–H groups in total. The molecule has 0 saturated carbocycles. The van der Waals surface area contributed by atoms with Crippen molar-refractivity contribution in [1.82, 2.24) is 0 Å². The topological polar surface area (TPSA) is 77.4 Å². The van der Waals surface area contributed by atoms with Gasteiger partial charge >= 0.3 is 29.6 Å². The zero-order chi connectivity index (χ0) is 19.0. The Morgan fingerprint density at radius 3 is 1.58 bits per heavy atom. The minimum Gasteiger partial charge on any atom is -0.748 e. The summed E-state index contributed by atoms with van der Waals surface area (Å²) < 4.78 is 33.7. The first-order valence-electron chi connectivity index (χ1n) is 10.5. The van der Waals surface area contributed by atoms with E-state index < -0.39 is 15.4 Å². The third kappa shape index (κ3) is 18.2. The van der Waals surface area contributed by atoms with Gasteiger partial charge in [0.2, 0.25) is 0 Å². The molecule has 4 nitrogen and oxygen atoms in total. The molecule has 0 aliphatic heterocycles. The van der Waals surface area contributed by atoms with Gasteiger partial charge in [0.05, 0.1) is 16.2 Å². The molecule has 0 radical (unpaired) electrons. The Bertz CT molecular complexity index is 387. The van der Waals surface area contributed by atoms with Crippen molar-refractivity contribution >= 4 is 10.1 Å². The standard InChI is InChI=1S/C20H42O4S.Na/c1-3-5-7-8-9-10-12-15-19(21)16-13-11-14-18-20(17-6-4-2)25(22,23)24;/h19-21H,3-18H2,1-2H3,(H,22,23,24);/q;+1/p-1. The Balaban J connectivity index is 0. The Morgan fingerprint density at radius 1 is 0.692 bits per heavy atom. The largest absolute Gasteiger partial charge is 1.00 e. The van der Waals surface area contributed by atoms with Crippen molar-refractivity contribution in [2.45, 2.75) is 128 Å². The smallest absolute Gasteiger partial charge is 0.748 e. The first-order valence-corrected chi connectivity index (χ1v) is 12.0. The first-order chi connectivity index (χ1) is 11.9. The van der Waals surface area contributed by atoms with Crippen LogP contribution in [0.2, 0.25) is 0 Å². The maximum absolute atomic E-state index is 11.2. The molecule has 0 aliphatic carbocycles. The van der Waals surface area contributed by atoms with Gasteiger partial charge in [-0.15, -0.1) is 0 Å². The molecule has 0 spiro atoms. The fourth-order valence-electron chi connectivity index (χ4n) is 3.27. The molecule has 0 rings (SSSR count). The van der Waals surface area contributed by atoms with E-state index in [0.29, 0.717) is 12.8 Å². The molecular weight excluding hydrogens is 359 g/mol. The zero-order valence-corrected chi connectivity index (χ0v) is 20.4. The summed E-state index contributed by atoms with van der Waals surface area (Å²) in [6.45, 7) is 4.22. The van der Waals surface area contributed by atoms with E-state index in [1.54, 1.807) is 0 Å². The average Bonchev–Trinajstić information content (AvgIpc) is 2.55. The van der Waals surface area contributed by atoms with E-state index in [9.17, 15) is 18.1 Å². The predicted molar refractivity (Wildman–Crippen MR) is 105 cm³/mol. The van der Waals surface area contributed by atoms with E-state index >= 15 is 0 Å². The van der Waals surface area contributed by atoms with E-state index in [2.05, 4.69) is 6.92 Å². The first kappa shape index (κ1) is 29.1. The van der Waals surface area contributed by atoms with Crippen molar-refractivity contribution in [3.05, 3.63) is 0 Å². The summed E-state index contributed by atoms with van der Waals surface area (Å²) in [4.78, 5) is 0. The van der Waals surface area contributed by atoms with Crippen LogP contribution in [0.4, 0.5) is 0 Å². The molecule has 0 bridgehead atoms. The van der Waals surface area contributed by atoms with Crippen LogP contribution in [-0.2, 0) is 10.1 Å². The van der Waals surface area contributed by atoms with Crippen LogP contribution in [0.15, 0.2) is 0 Å². The fraction of sp³-hybridized carbons (Fsp3) is 1.00. The monoisotopic (exact) mass is 400 g/mol. The van der Waals surface area contributed by atoms with E-state index in [1.165, 1.54) is 38.5 Å². The Morgan fingerprint density at radius 2 is 1.08 bits per heavy atom. The van der Waals surface area contributed by atoms with Crippen LogP contribution in [0.25, 0.3) is 0 Å². The number of hydrogen-bond acceptors (Lipinski definition) is 4. The third-order valence-electron chi connectivity index (χ3n) is 4.99. The SMILES string of the molecule is CCCCCCCCCC(O)CCCCCC(CCCC)S(=O)(=O)[O-].[Na+]. The van der Waals surface area contributed by atoms with Crippen LogP contribution in [0.1, 0.15) is 117 Å². The number of unbranched alkanes of at least 4 members (excludes halogenated alkanes) is 9. The predicted octanol–water partition coefficient (Wildman–Crippen LogP) is 2.55. The van der Waals surface area contributed by atoms with E-state index in [0.717, 1.165) is 51.4 Å². The van der Waals surface area contributed by atoms with Gasteiger partial charge in [0, 0.05) is 5.25 Å². The number of aliphatic hydroxyl groups excluding tert-OH is 1. The van der Waals surface area contributed by atoms with Gasteiger partial charge in [-0.25, -0.2) is 8.42 Å². The number of hydrogen-bond donors (Lipinski definition) is 1. The van der Waals surface area contributed by atoms with E-state index in [4.69, 9.17) is 0 Å². The van der Waals surface area contributed by atoms with Crippen LogP contribution in [0, 0.1) is 0 Å². The summed E-state index contributed by atoms with van der Waals surface area (Å²) in [6.07, 6.45) is 15.5.